The van der Waals surface area contributed by atoms with Crippen LogP contribution in [0, 0.1) is 5.82 Å². The average molecular weight is 393 g/mol. The number of hydrogen-bond donors (Lipinski definition) is 0. The summed E-state index contributed by atoms with van der Waals surface area (Å²) >= 11 is 0. The minimum Gasteiger partial charge on any atom is -0.366 e. The van der Waals surface area contributed by atoms with Crippen LogP contribution >= 0.6 is 0 Å². The van der Waals surface area contributed by atoms with Crippen LogP contribution in [0.4, 0.5) is 15.8 Å². The van der Waals surface area contributed by atoms with Crippen LogP contribution in [0.2, 0.25) is 0 Å². The summed E-state index contributed by atoms with van der Waals surface area (Å²) in [7, 11) is 0. The first kappa shape index (κ1) is 19.2. The number of hydrogen-bond acceptors (Lipinski definition) is 3. The van der Waals surface area contributed by atoms with Crippen molar-refractivity contribution in [2.75, 3.05) is 42.5 Å². The Hall–Kier alpha value is -3.15. The topological polar surface area (TPSA) is 43.9 Å². The summed E-state index contributed by atoms with van der Waals surface area (Å²) in [4.78, 5) is 29.9. The SMILES string of the molecule is O=C(/C=C/c1ccc(N2CCCC2=O)cc1)N1CCN(c2ccccc2F)CC1. The first-order valence-corrected chi connectivity index (χ1v) is 9.99. The lowest BCUT2D eigenvalue weighted by molar-refractivity contribution is -0.126. The van der Waals surface area contributed by atoms with Crippen LogP contribution in [0.5, 0.6) is 0 Å². The summed E-state index contributed by atoms with van der Waals surface area (Å²) in [6.45, 7) is 3.12. The zero-order valence-electron chi connectivity index (χ0n) is 16.3. The van der Waals surface area contributed by atoms with Gasteiger partial charge < -0.3 is 14.7 Å². The molecule has 0 unspecified atom stereocenters. The summed E-state index contributed by atoms with van der Waals surface area (Å²) in [5.41, 5.74) is 2.41. The molecule has 0 aromatic heterocycles. The van der Waals surface area contributed by atoms with E-state index in [1.807, 2.05) is 35.2 Å². The molecule has 2 heterocycles. The van der Waals surface area contributed by atoms with Crippen molar-refractivity contribution in [2.45, 2.75) is 12.8 Å². The molecule has 0 aliphatic carbocycles. The van der Waals surface area contributed by atoms with Gasteiger partial charge in [-0.15, -0.1) is 0 Å². The Bertz CT molecular complexity index is 918. The Morgan fingerprint density at radius 1 is 0.931 bits per heavy atom. The summed E-state index contributed by atoms with van der Waals surface area (Å²) < 4.78 is 13.9. The largest absolute Gasteiger partial charge is 0.366 e. The van der Waals surface area contributed by atoms with Gasteiger partial charge in [0.05, 0.1) is 5.69 Å². The standard InChI is InChI=1S/C23H24FN3O2/c24-20-4-1-2-5-21(20)25-14-16-26(17-15-25)22(28)12-9-18-7-10-19(11-8-18)27-13-3-6-23(27)29/h1-2,4-5,7-12H,3,6,13-17H2/b12-9+. The van der Waals surface area contributed by atoms with E-state index >= 15 is 0 Å². The predicted molar refractivity (Wildman–Crippen MR) is 112 cm³/mol. The van der Waals surface area contributed by atoms with Crippen LogP contribution in [0.3, 0.4) is 0 Å². The van der Waals surface area contributed by atoms with Crippen molar-refractivity contribution in [2.24, 2.45) is 0 Å². The lowest BCUT2D eigenvalue weighted by atomic mass is 10.1. The molecule has 2 saturated heterocycles. The van der Waals surface area contributed by atoms with Crippen molar-refractivity contribution < 1.29 is 14.0 Å². The molecule has 0 radical (unpaired) electrons. The molecule has 2 aromatic carbocycles. The monoisotopic (exact) mass is 393 g/mol. The fourth-order valence-electron chi connectivity index (χ4n) is 3.84. The highest BCUT2D eigenvalue weighted by Crippen LogP contribution is 2.22. The van der Waals surface area contributed by atoms with E-state index in [4.69, 9.17) is 0 Å². The molecule has 2 aliphatic rings. The Labute approximate surface area is 170 Å². The van der Waals surface area contributed by atoms with Gasteiger partial charge in [-0.3, -0.25) is 9.59 Å². The van der Waals surface area contributed by atoms with Gasteiger partial charge in [-0.2, -0.15) is 0 Å². The van der Waals surface area contributed by atoms with E-state index in [1.54, 1.807) is 34.1 Å². The number of piperazine rings is 1. The minimum absolute atomic E-state index is 0.0445. The predicted octanol–water partition coefficient (Wildman–Crippen LogP) is 3.31. The van der Waals surface area contributed by atoms with Crippen molar-refractivity contribution in [3.05, 3.63) is 66.0 Å². The highest BCUT2D eigenvalue weighted by Gasteiger charge is 2.22. The number of rotatable bonds is 4. The molecule has 5 nitrogen and oxygen atoms in total. The van der Waals surface area contributed by atoms with Crippen molar-refractivity contribution in [3.8, 4) is 0 Å². The highest BCUT2D eigenvalue weighted by atomic mass is 19.1. The third-order valence-corrected chi connectivity index (χ3v) is 5.48. The van der Waals surface area contributed by atoms with Crippen molar-refractivity contribution in [1.82, 2.24) is 4.90 Å². The molecule has 0 bridgehead atoms. The van der Waals surface area contributed by atoms with Gasteiger partial charge in [0.1, 0.15) is 5.82 Å². The van der Waals surface area contributed by atoms with E-state index < -0.39 is 0 Å². The van der Waals surface area contributed by atoms with Crippen LogP contribution < -0.4 is 9.80 Å². The summed E-state index contributed by atoms with van der Waals surface area (Å²) in [5.74, 6) is -0.110. The number of halogens is 1. The van der Waals surface area contributed by atoms with Gasteiger partial charge in [-0.05, 0) is 42.3 Å². The maximum absolute atomic E-state index is 13.9. The molecule has 2 amide bonds. The van der Waals surface area contributed by atoms with E-state index in [0.29, 0.717) is 38.3 Å². The number of anilines is 2. The van der Waals surface area contributed by atoms with Gasteiger partial charge in [0.25, 0.3) is 0 Å². The molecular formula is C23H24FN3O2. The average Bonchev–Trinajstić information content (AvgIpc) is 3.19. The van der Waals surface area contributed by atoms with E-state index in [2.05, 4.69) is 0 Å². The molecule has 4 rings (SSSR count). The Balaban J connectivity index is 1.32. The summed E-state index contributed by atoms with van der Waals surface area (Å²) in [6.07, 6.45) is 4.88. The van der Waals surface area contributed by atoms with E-state index in [0.717, 1.165) is 24.2 Å². The quantitative estimate of drug-likeness (QED) is 0.749. The fourth-order valence-corrected chi connectivity index (χ4v) is 3.84. The maximum Gasteiger partial charge on any atom is 0.246 e. The summed E-state index contributed by atoms with van der Waals surface area (Å²) in [6, 6.07) is 14.4. The van der Waals surface area contributed by atoms with E-state index in [9.17, 15) is 14.0 Å². The van der Waals surface area contributed by atoms with Crippen LogP contribution in [-0.4, -0.2) is 49.4 Å². The highest BCUT2D eigenvalue weighted by molar-refractivity contribution is 5.95. The van der Waals surface area contributed by atoms with Crippen LogP contribution in [0.15, 0.2) is 54.6 Å². The summed E-state index contributed by atoms with van der Waals surface area (Å²) in [5, 5.41) is 0. The first-order chi connectivity index (χ1) is 14.1. The van der Waals surface area contributed by atoms with Gasteiger partial charge >= 0.3 is 0 Å². The lowest BCUT2D eigenvalue weighted by Crippen LogP contribution is -2.48. The number of para-hydroxylation sites is 1. The van der Waals surface area contributed by atoms with Gasteiger partial charge in [0.15, 0.2) is 0 Å². The number of amides is 2. The molecule has 0 atom stereocenters. The van der Waals surface area contributed by atoms with Crippen molar-refractivity contribution in [1.29, 1.82) is 0 Å². The molecule has 29 heavy (non-hydrogen) atoms. The van der Waals surface area contributed by atoms with Crippen LogP contribution in [0.25, 0.3) is 6.08 Å². The Morgan fingerprint density at radius 3 is 2.31 bits per heavy atom. The van der Waals surface area contributed by atoms with Gasteiger partial charge in [0.2, 0.25) is 11.8 Å². The molecule has 6 heteroatoms. The Morgan fingerprint density at radius 2 is 1.66 bits per heavy atom. The molecule has 150 valence electrons. The smallest absolute Gasteiger partial charge is 0.246 e. The Kier molecular flexibility index (Phi) is 5.60. The molecule has 0 saturated carbocycles. The molecule has 0 N–H and O–H groups in total. The second-order valence-corrected chi connectivity index (χ2v) is 7.34. The molecule has 0 spiro atoms. The minimum atomic E-state index is -0.230. The number of benzene rings is 2. The van der Waals surface area contributed by atoms with Gasteiger partial charge in [0, 0.05) is 50.9 Å². The zero-order chi connectivity index (χ0) is 20.2. The van der Waals surface area contributed by atoms with Crippen LogP contribution in [-0.2, 0) is 9.59 Å². The van der Waals surface area contributed by atoms with E-state index in [1.165, 1.54) is 6.07 Å². The second-order valence-electron chi connectivity index (χ2n) is 7.34. The number of carbonyl (C=O) groups excluding carboxylic acids is 2. The maximum atomic E-state index is 13.9. The lowest BCUT2D eigenvalue weighted by Gasteiger charge is -2.35. The van der Waals surface area contributed by atoms with Gasteiger partial charge in [-0.25, -0.2) is 4.39 Å². The normalized spacial score (nSPS) is 17.4. The van der Waals surface area contributed by atoms with E-state index in [-0.39, 0.29) is 17.6 Å². The molecule has 2 aromatic rings. The zero-order valence-corrected chi connectivity index (χ0v) is 16.3. The molecule has 2 aliphatic heterocycles. The number of nitrogens with zero attached hydrogens (tertiary/aromatic N) is 3. The molecule has 2 fully saturated rings. The first-order valence-electron chi connectivity index (χ1n) is 9.99. The fraction of sp³-hybridized carbons (Fsp3) is 0.304. The van der Waals surface area contributed by atoms with Crippen molar-refractivity contribution in [3.63, 3.8) is 0 Å². The van der Waals surface area contributed by atoms with Crippen LogP contribution in [0.1, 0.15) is 18.4 Å². The van der Waals surface area contributed by atoms with Gasteiger partial charge in [-0.1, -0.05) is 24.3 Å². The third-order valence-electron chi connectivity index (χ3n) is 5.48. The number of carbonyl (C=O) groups is 2. The second kappa shape index (κ2) is 8.47. The third kappa shape index (κ3) is 4.31. The van der Waals surface area contributed by atoms with Crippen molar-refractivity contribution >= 4 is 29.3 Å². The molecular weight excluding hydrogens is 369 g/mol.